The Balaban J connectivity index is 2.01. The maximum atomic E-state index is 12.0. The highest BCUT2D eigenvalue weighted by Gasteiger charge is 2.14. The zero-order valence-corrected chi connectivity index (χ0v) is 13.8. The maximum Gasteiger partial charge on any atom is 0.251 e. The van der Waals surface area contributed by atoms with Crippen molar-refractivity contribution in [3.05, 3.63) is 65.2 Å². The summed E-state index contributed by atoms with van der Waals surface area (Å²) in [7, 11) is 0. The number of amides is 2. The number of benzene rings is 2. The lowest BCUT2D eigenvalue weighted by molar-refractivity contribution is -0.116. The number of aryl methyl sites for hydroxylation is 2. The van der Waals surface area contributed by atoms with E-state index >= 15 is 0 Å². The summed E-state index contributed by atoms with van der Waals surface area (Å²) < 4.78 is 0. The van der Waals surface area contributed by atoms with Crippen molar-refractivity contribution in [3.8, 4) is 0 Å². The Morgan fingerprint density at radius 1 is 1.04 bits per heavy atom. The molecule has 0 aromatic heterocycles. The van der Waals surface area contributed by atoms with Gasteiger partial charge in [0.2, 0.25) is 5.91 Å². The Kier molecular flexibility index (Phi) is 5.52. The van der Waals surface area contributed by atoms with Crippen LogP contribution in [0.4, 0.5) is 5.69 Å². The number of anilines is 1. The van der Waals surface area contributed by atoms with Gasteiger partial charge in [-0.2, -0.15) is 0 Å². The van der Waals surface area contributed by atoms with Crippen LogP contribution in [0.2, 0.25) is 0 Å². The number of hydrogen-bond acceptors (Lipinski definition) is 2. The van der Waals surface area contributed by atoms with Gasteiger partial charge in [0.25, 0.3) is 5.91 Å². The van der Waals surface area contributed by atoms with Gasteiger partial charge in [-0.15, -0.1) is 0 Å². The molecule has 0 saturated heterocycles. The molecule has 0 unspecified atom stereocenters. The van der Waals surface area contributed by atoms with Crippen LogP contribution in [0.15, 0.2) is 48.5 Å². The molecule has 0 saturated carbocycles. The Morgan fingerprint density at radius 2 is 1.74 bits per heavy atom. The fourth-order valence-corrected chi connectivity index (χ4v) is 2.53. The van der Waals surface area contributed by atoms with E-state index in [0.29, 0.717) is 18.7 Å². The van der Waals surface area contributed by atoms with Crippen LogP contribution in [-0.2, 0) is 4.79 Å². The third-order valence-electron chi connectivity index (χ3n) is 3.68. The normalized spacial score (nSPS) is 10.2. The summed E-state index contributed by atoms with van der Waals surface area (Å²) in [6.07, 6.45) is 0. The minimum absolute atomic E-state index is 0.0362. The lowest BCUT2D eigenvalue weighted by atomic mass is 10.1. The second-order valence-corrected chi connectivity index (χ2v) is 5.58. The van der Waals surface area contributed by atoms with Crippen molar-refractivity contribution in [2.75, 3.05) is 18.0 Å². The summed E-state index contributed by atoms with van der Waals surface area (Å²) in [4.78, 5) is 25.7. The molecule has 23 heavy (non-hydrogen) atoms. The van der Waals surface area contributed by atoms with Gasteiger partial charge in [-0.25, -0.2) is 0 Å². The van der Waals surface area contributed by atoms with Crippen LogP contribution in [0.25, 0.3) is 0 Å². The summed E-state index contributed by atoms with van der Waals surface area (Å²) in [5.74, 6) is -0.166. The molecule has 0 aliphatic carbocycles. The van der Waals surface area contributed by atoms with Crippen LogP contribution in [0.5, 0.6) is 0 Å². The van der Waals surface area contributed by atoms with Crippen molar-refractivity contribution >= 4 is 17.5 Å². The van der Waals surface area contributed by atoms with Gasteiger partial charge in [-0.3, -0.25) is 9.59 Å². The van der Waals surface area contributed by atoms with Gasteiger partial charge in [0.1, 0.15) is 0 Å². The molecular weight excluding hydrogens is 288 g/mol. The molecule has 2 amide bonds. The van der Waals surface area contributed by atoms with E-state index in [-0.39, 0.29) is 11.8 Å². The molecule has 0 atom stereocenters. The number of carbonyl (C=O) groups excluding carboxylic acids is 2. The molecule has 0 aliphatic rings. The zero-order chi connectivity index (χ0) is 16.8. The van der Waals surface area contributed by atoms with E-state index in [1.165, 1.54) is 6.92 Å². The standard InChI is InChI=1S/C19H22N2O2/c1-14-9-10-18(15(2)13-14)21(16(3)22)12-11-20-19(23)17-7-5-4-6-8-17/h4-10,13H,11-12H2,1-3H3,(H,20,23). The summed E-state index contributed by atoms with van der Waals surface area (Å²) in [5, 5.41) is 2.85. The summed E-state index contributed by atoms with van der Waals surface area (Å²) >= 11 is 0. The van der Waals surface area contributed by atoms with Crippen molar-refractivity contribution in [2.45, 2.75) is 20.8 Å². The predicted octanol–water partition coefficient (Wildman–Crippen LogP) is 3.09. The fraction of sp³-hybridized carbons (Fsp3) is 0.263. The Bertz CT molecular complexity index is 696. The van der Waals surface area contributed by atoms with E-state index in [9.17, 15) is 9.59 Å². The second kappa shape index (κ2) is 7.58. The number of hydrogen-bond donors (Lipinski definition) is 1. The molecule has 120 valence electrons. The van der Waals surface area contributed by atoms with E-state index in [2.05, 4.69) is 5.32 Å². The van der Waals surface area contributed by atoms with Crippen molar-refractivity contribution in [3.63, 3.8) is 0 Å². The minimum atomic E-state index is -0.130. The van der Waals surface area contributed by atoms with E-state index < -0.39 is 0 Å². The van der Waals surface area contributed by atoms with Crippen molar-refractivity contribution in [1.82, 2.24) is 5.32 Å². The smallest absolute Gasteiger partial charge is 0.251 e. The number of nitrogens with one attached hydrogen (secondary N) is 1. The van der Waals surface area contributed by atoms with Gasteiger partial charge in [-0.05, 0) is 37.6 Å². The Hall–Kier alpha value is -2.62. The molecule has 0 heterocycles. The molecule has 2 aromatic carbocycles. The van der Waals surface area contributed by atoms with Crippen LogP contribution >= 0.6 is 0 Å². The largest absolute Gasteiger partial charge is 0.350 e. The first-order valence-corrected chi connectivity index (χ1v) is 7.67. The first-order chi connectivity index (χ1) is 11.0. The minimum Gasteiger partial charge on any atom is -0.350 e. The van der Waals surface area contributed by atoms with Crippen LogP contribution in [0.3, 0.4) is 0 Å². The monoisotopic (exact) mass is 310 g/mol. The van der Waals surface area contributed by atoms with E-state index in [4.69, 9.17) is 0 Å². The molecule has 2 aromatic rings. The van der Waals surface area contributed by atoms with Crippen LogP contribution in [-0.4, -0.2) is 24.9 Å². The first kappa shape index (κ1) is 16.7. The van der Waals surface area contributed by atoms with E-state index in [1.807, 2.05) is 50.2 Å². The van der Waals surface area contributed by atoms with E-state index in [0.717, 1.165) is 16.8 Å². The highest BCUT2D eigenvalue weighted by Crippen LogP contribution is 2.21. The molecule has 0 fully saturated rings. The molecule has 0 bridgehead atoms. The van der Waals surface area contributed by atoms with Crippen LogP contribution in [0.1, 0.15) is 28.4 Å². The van der Waals surface area contributed by atoms with Crippen LogP contribution < -0.4 is 10.2 Å². The SMILES string of the molecule is CC(=O)N(CCNC(=O)c1ccccc1)c1ccc(C)cc1C. The van der Waals surface area contributed by atoms with Gasteiger partial charge in [0.05, 0.1) is 0 Å². The Morgan fingerprint density at radius 3 is 2.35 bits per heavy atom. The second-order valence-electron chi connectivity index (χ2n) is 5.58. The molecule has 4 nitrogen and oxygen atoms in total. The topological polar surface area (TPSA) is 49.4 Å². The maximum absolute atomic E-state index is 12.0. The lowest BCUT2D eigenvalue weighted by Crippen LogP contribution is -2.37. The van der Waals surface area contributed by atoms with Gasteiger partial charge < -0.3 is 10.2 Å². The average Bonchev–Trinajstić information content (AvgIpc) is 2.53. The third kappa shape index (κ3) is 4.42. The van der Waals surface area contributed by atoms with Crippen molar-refractivity contribution < 1.29 is 9.59 Å². The zero-order valence-electron chi connectivity index (χ0n) is 13.8. The third-order valence-corrected chi connectivity index (χ3v) is 3.68. The molecule has 4 heteroatoms. The van der Waals surface area contributed by atoms with Crippen LogP contribution in [0, 0.1) is 13.8 Å². The predicted molar refractivity (Wildman–Crippen MR) is 92.7 cm³/mol. The van der Waals surface area contributed by atoms with Gasteiger partial charge in [0, 0.05) is 31.3 Å². The molecule has 1 N–H and O–H groups in total. The lowest BCUT2D eigenvalue weighted by Gasteiger charge is -2.23. The molecule has 0 spiro atoms. The number of carbonyl (C=O) groups is 2. The average molecular weight is 310 g/mol. The first-order valence-electron chi connectivity index (χ1n) is 7.67. The highest BCUT2D eigenvalue weighted by molar-refractivity contribution is 5.95. The van der Waals surface area contributed by atoms with Gasteiger partial charge in [0.15, 0.2) is 0 Å². The molecule has 0 aliphatic heterocycles. The summed E-state index contributed by atoms with van der Waals surface area (Å²) in [6, 6.07) is 15.0. The summed E-state index contributed by atoms with van der Waals surface area (Å²) in [5.41, 5.74) is 3.71. The van der Waals surface area contributed by atoms with Crippen molar-refractivity contribution in [2.24, 2.45) is 0 Å². The fourth-order valence-electron chi connectivity index (χ4n) is 2.53. The summed E-state index contributed by atoms with van der Waals surface area (Å²) in [6.45, 7) is 6.40. The van der Waals surface area contributed by atoms with Gasteiger partial charge >= 0.3 is 0 Å². The van der Waals surface area contributed by atoms with Crippen molar-refractivity contribution in [1.29, 1.82) is 0 Å². The van der Waals surface area contributed by atoms with E-state index in [1.54, 1.807) is 17.0 Å². The molecular formula is C19H22N2O2. The quantitative estimate of drug-likeness (QED) is 0.922. The van der Waals surface area contributed by atoms with Gasteiger partial charge in [-0.1, -0.05) is 35.9 Å². The molecule has 0 radical (unpaired) electrons. The molecule has 2 rings (SSSR count). The highest BCUT2D eigenvalue weighted by atomic mass is 16.2. The number of nitrogens with zero attached hydrogens (tertiary/aromatic N) is 1. The number of rotatable bonds is 5. The Labute approximate surface area is 137 Å².